The van der Waals surface area contributed by atoms with Crippen LogP contribution in [0, 0.1) is 5.82 Å². The Labute approximate surface area is 106 Å². The molecule has 0 amide bonds. The van der Waals surface area contributed by atoms with Crippen LogP contribution < -0.4 is 5.32 Å². The Kier molecular flexibility index (Phi) is 2.64. The molecular weight excluding hydrogens is 259 g/mol. The van der Waals surface area contributed by atoms with E-state index in [9.17, 15) is 4.39 Å². The van der Waals surface area contributed by atoms with Gasteiger partial charge in [0.1, 0.15) is 17.2 Å². The van der Waals surface area contributed by atoms with Crippen LogP contribution in [0.15, 0.2) is 29.0 Å². The summed E-state index contributed by atoms with van der Waals surface area (Å²) < 4.78 is 18.8. The summed E-state index contributed by atoms with van der Waals surface area (Å²) in [5.74, 6) is 0.623. The van der Waals surface area contributed by atoms with Gasteiger partial charge in [-0.05, 0) is 23.7 Å². The lowest BCUT2D eigenvalue weighted by Crippen LogP contribution is -2.02. The van der Waals surface area contributed by atoms with E-state index in [0.717, 1.165) is 0 Å². The Balaban J connectivity index is 1.97. The van der Waals surface area contributed by atoms with Crippen LogP contribution in [-0.4, -0.2) is 15.0 Å². The van der Waals surface area contributed by atoms with E-state index in [2.05, 4.69) is 20.3 Å². The first-order valence-electron chi connectivity index (χ1n) is 5.20. The van der Waals surface area contributed by atoms with Crippen molar-refractivity contribution in [2.75, 3.05) is 5.32 Å². The number of H-pyrrole nitrogens is 1. The summed E-state index contributed by atoms with van der Waals surface area (Å²) in [5.41, 5.74) is 0.356. The highest BCUT2D eigenvalue weighted by Crippen LogP contribution is 2.24. The first-order valence-corrected chi connectivity index (χ1v) is 5.58. The average Bonchev–Trinajstić information content (AvgIpc) is 2.96. The van der Waals surface area contributed by atoms with Gasteiger partial charge in [0.15, 0.2) is 5.82 Å². The Morgan fingerprint density at radius 1 is 1.44 bits per heavy atom. The third kappa shape index (κ3) is 1.91. The maximum atomic E-state index is 13.6. The van der Waals surface area contributed by atoms with Gasteiger partial charge in [-0.25, -0.2) is 4.39 Å². The molecule has 0 fully saturated rings. The number of hydrogen-bond donors (Lipinski definition) is 2. The zero-order chi connectivity index (χ0) is 12.5. The summed E-state index contributed by atoms with van der Waals surface area (Å²) >= 11 is 5.77. The Hall–Kier alpha value is -2.08. The average molecular weight is 267 g/mol. The zero-order valence-corrected chi connectivity index (χ0v) is 9.83. The maximum Gasteiger partial charge on any atom is 0.226 e. The second-order valence-corrected chi connectivity index (χ2v) is 3.97. The van der Waals surface area contributed by atoms with Crippen molar-refractivity contribution >= 4 is 28.5 Å². The molecule has 0 saturated carbocycles. The predicted molar refractivity (Wildman–Crippen MR) is 64.9 cm³/mol. The van der Waals surface area contributed by atoms with Gasteiger partial charge in [-0.2, -0.15) is 9.97 Å². The van der Waals surface area contributed by atoms with Crippen molar-refractivity contribution in [1.82, 2.24) is 15.0 Å². The van der Waals surface area contributed by atoms with Crippen molar-refractivity contribution in [3.8, 4) is 0 Å². The van der Waals surface area contributed by atoms with Gasteiger partial charge in [0.2, 0.25) is 5.28 Å². The van der Waals surface area contributed by atoms with Gasteiger partial charge >= 0.3 is 0 Å². The molecule has 0 aliphatic carbocycles. The number of aromatic amines is 1. The third-order valence-corrected chi connectivity index (χ3v) is 2.64. The summed E-state index contributed by atoms with van der Waals surface area (Å²) in [6, 6.07) is 3.58. The van der Waals surface area contributed by atoms with Crippen LogP contribution in [0.25, 0.3) is 11.0 Å². The molecule has 0 aliphatic rings. The lowest BCUT2D eigenvalue weighted by Gasteiger charge is -2.05. The molecule has 0 spiro atoms. The van der Waals surface area contributed by atoms with E-state index in [4.69, 9.17) is 16.0 Å². The van der Waals surface area contributed by atoms with E-state index in [1.807, 2.05) is 0 Å². The molecule has 0 atom stereocenters. The molecule has 0 unspecified atom stereocenters. The molecule has 3 rings (SSSR count). The molecule has 0 saturated heterocycles. The highest BCUT2D eigenvalue weighted by Gasteiger charge is 2.13. The number of halogens is 2. The van der Waals surface area contributed by atoms with E-state index in [-0.39, 0.29) is 10.7 Å². The molecule has 0 bridgehead atoms. The fraction of sp³-hybridized carbons (Fsp3) is 0.0909. The molecule has 3 aromatic rings. The van der Waals surface area contributed by atoms with E-state index in [0.29, 0.717) is 23.8 Å². The summed E-state index contributed by atoms with van der Waals surface area (Å²) in [6.45, 7) is 0.389. The van der Waals surface area contributed by atoms with Gasteiger partial charge in [-0.1, -0.05) is 0 Å². The molecule has 92 valence electrons. The summed E-state index contributed by atoms with van der Waals surface area (Å²) in [4.78, 5) is 10.6. The summed E-state index contributed by atoms with van der Waals surface area (Å²) in [7, 11) is 0. The first-order chi connectivity index (χ1) is 8.74. The van der Waals surface area contributed by atoms with E-state index < -0.39 is 5.82 Å². The molecule has 3 aromatic heterocycles. The number of fused-ring (bicyclic) bond motifs is 1. The number of anilines is 1. The number of rotatable bonds is 3. The monoisotopic (exact) mass is 266 g/mol. The Bertz CT molecular complexity index is 680. The molecule has 0 aliphatic heterocycles. The van der Waals surface area contributed by atoms with Crippen molar-refractivity contribution in [2.24, 2.45) is 0 Å². The SMILES string of the molecule is Fc1c[nH]c2nc(Cl)nc(NCc3ccco3)c12. The van der Waals surface area contributed by atoms with Crippen LogP contribution in [0.2, 0.25) is 5.28 Å². The largest absolute Gasteiger partial charge is 0.467 e. The van der Waals surface area contributed by atoms with Gasteiger partial charge in [-0.15, -0.1) is 0 Å². The smallest absolute Gasteiger partial charge is 0.226 e. The minimum atomic E-state index is -0.427. The number of nitrogens with one attached hydrogen (secondary N) is 2. The Morgan fingerprint density at radius 2 is 2.33 bits per heavy atom. The molecule has 0 aromatic carbocycles. The molecule has 2 N–H and O–H groups in total. The molecule has 5 nitrogen and oxygen atoms in total. The predicted octanol–water partition coefficient (Wildman–Crippen LogP) is 2.96. The van der Waals surface area contributed by atoms with Crippen molar-refractivity contribution < 1.29 is 8.81 Å². The fourth-order valence-electron chi connectivity index (χ4n) is 1.68. The van der Waals surface area contributed by atoms with Crippen molar-refractivity contribution in [2.45, 2.75) is 6.54 Å². The lowest BCUT2D eigenvalue weighted by atomic mass is 10.3. The quantitative estimate of drug-likeness (QED) is 0.715. The van der Waals surface area contributed by atoms with Crippen LogP contribution in [0.1, 0.15) is 5.76 Å². The van der Waals surface area contributed by atoms with E-state index in [1.165, 1.54) is 6.20 Å². The van der Waals surface area contributed by atoms with E-state index >= 15 is 0 Å². The van der Waals surface area contributed by atoms with Gasteiger partial charge in [0.05, 0.1) is 18.2 Å². The number of hydrogen-bond acceptors (Lipinski definition) is 4. The molecule has 3 heterocycles. The molecule has 7 heteroatoms. The second kappa shape index (κ2) is 4.30. The van der Waals surface area contributed by atoms with E-state index in [1.54, 1.807) is 18.4 Å². The van der Waals surface area contributed by atoms with Crippen molar-refractivity contribution in [3.05, 3.63) is 41.5 Å². The highest BCUT2D eigenvalue weighted by atomic mass is 35.5. The van der Waals surface area contributed by atoms with Crippen LogP contribution in [0.4, 0.5) is 10.2 Å². The summed E-state index contributed by atoms with van der Waals surface area (Å²) in [5, 5.41) is 3.30. The minimum absolute atomic E-state index is 0.0475. The lowest BCUT2D eigenvalue weighted by molar-refractivity contribution is 0.518. The molecule has 0 radical (unpaired) electrons. The fourth-order valence-corrected chi connectivity index (χ4v) is 1.85. The number of aromatic nitrogens is 3. The zero-order valence-electron chi connectivity index (χ0n) is 9.08. The van der Waals surface area contributed by atoms with Gasteiger partial charge < -0.3 is 14.7 Å². The van der Waals surface area contributed by atoms with Gasteiger partial charge in [0.25, 0.3) is 0 Å². The van der Waals surface area contributed by atoms with Crippen LogP contribution in [0.3, 0.4) is 0 Å². The van der Waals surface area contributed by atoms with Gasteiger partial charge in [-0.3, -0.25) is 0 Å². The van der Waals surface area contributed by atoms with Crippen LogP contribution >= 0.6 is 11.6 Å². The highest BCUT2D eigenvalue weighted by molar-refractivity contribution is 6.28. The number of furan rings is 1. The number of nitrogens with zero attached hydrogens (tertiary/aromatic N) is 2. The first kappa shape index (κ1) is 11.0. The normalized spacial score (nSPS) is 11.0. The Morgan fingerprint density at radius 3 is 3.11 bits per heavy atom. The van der Waals surface area contributed by atoms with Crippen LogP contribution in [-0.2, 0) is 6.54 Å². The maximum absolute atomic E-state index is 13.6. The molecule has 18 heavy (non-hydrogen) atoms. The van der Waals surface area contributed by atoms with Crippen molar-refractivity contribution in [3.63, 3.8) is 0 Å². The minimum Gasteiger partial charge on any atom is -0.467 e. The second-order valence-electron chi connectivity index (χ2n) is 3.63. The molecular formula is C11H8ClFN4O. The van der Waals surface area contributed by atoms with Crippen molar-refractivity contribution in [1.29, 1.82) is 0 Å². The van der Waals surface area contributed by atoms with Crippen LogP contribution in [0.5, 0.6) is 0 Å². The standard InChI is InChI=1S/C11H8ClFN4O/c12-11-16-9(14-4-6-2-1-3-18-6)8-7(13)5-15-10(8)17-11/h1-3,5H,4H2,(H2,14,15,16,17). The van der Waals surface area contributed by atoms with Gasteiger partial charge in [0, 0.05) is 6.20 Å². The topological polar surface area (TPSA) is 66.7 Å². The summed E-state index contributed by atoms with van der Waals surface area (Å²) in [6.07, 6.45) is 2.78. The third-order valence-electron chi connectivity index (χ3n) is 2.47.